The van der Waals surface area contributed by atoms with Crippen LogP contribution in [0.5, 0.6) is 0 Å². The van der Waals surface area contributed by atoms with E-state index in [1.807, 2.05) is 0 Å². The van der Waals surface area contributed by atoms with E-state index in [1.165, 1.54) is 13.0 Å². The molecule has 0 bridgehead atoms. The highest BCUT2D eigenvalue weighted by Gasteiger charge is 2.12. The zero-order valence-electron chi connectivity index (χ0n) is 11.6. The molecule has 6 nitrogen and oxygen atoms in total. The first-order valence-electron chi connectivity index (χ1n) is 6.26. The molecule has 0 saturated carbocycles. The fourth-order valence-corrected chi connectivity index (χ4v) is 1.74. The Morgan fingerprint density at radius 1 is 1.05 bits per heavy atom. The van der Waals surface area contributed by atoms with Crippen molar-refractivity contribution >= 4 is 23.2 Å². The lowest BCUT2D eigenvalue weighted by Gasteiger charge is -2.09. The van der Waals surface area contributed by atoms with Gasteiger partial charge in [0.05, 0.1) is 5.69 Å². The molecule has 1 heterocycles. The lowest BCUT2D eigenvalue weighted by atomic mass is 10.2. The van der Waals surface area contributed by atoms with Crippen LogP contribution >= 0.6 is 0 Å². The molecule has 2 amide bonds. The Balaban J connectivity index is 2.29. The van der Waals surface area contributed by atoms with Crippen molar-refractivity contribution in [2.45, 2.75) is 13.8 Å². The summed E-state index contributed by atoms with van der Waals surface area (Å²) in [4.78, 5) is 34.7. The lowest BCUT2D eigenvalue weighted by molar-refractivity contribution is -0.114. The molecular weight excluding hydrogens is 272 g/mol. The largest absolute Gasteiger partial charge is 0.424 e. The molecule has 0 unspecified atom stereocenters. The van der Waals surface area contributed by atoms with E-state index in [-0.39, 0.29) is 17.4 Å². The maximum Gasteiger partial charge on any atom is 0.360 e. The van der Waals surface area contributed by atoms with E-state index in [4.69, 9.17) is 4.42 Å². The molecular formula is C15H14N2O4. The number of anilines is 2. The third-order valence-corrected chi connectivity index (χ3v) is 2.73. The van der Waals surface area contributed by atoms with Gasteiger partial charge in [-0.15, -0.1) is 0 Å². The monoisotopic (exact) mass is 286 g/mol. The van der Waals surface area contributed by atoms with Crippen LogP contribution < -0.4 is 16.3 Å². The van der Waals surface area contributed by atoms with Gasteiger partial charge < -0.3 is 15.1 Å². The summed E-state index contributed by atoms with van der Waals surface area (Å²) >= 11 is 0. The molecule has 2 rings (SSSR count). The zero-order valence-corrected chi connectivity index (χ0v) is 11.6. The number of hydrogen-bond donors (Lipinski definition) is 2. The zero-order chi connectivity index (χ0) is 15.4. The molecule has 0 spiro atoms. The number of rotatable bonds is 3. The van der Waals surface area contributed by atoms with Crippen molar-refractivity contribution in [3.8, 4) is 0 Å². The highest BCUT2D eigenvalue weighted by Crippen LogP contribution is 2.17. The predicted molar refractivity (Wildman–Crippen MR) is 78.4 cm³/mol. The van der Waals surface area contributed by atoms with Gasteiger partial charge in [0, 0.05) is 12.5 Å². The van der Waals surface area contributed by atoms with Crippen LogP contribution in [0.4, 0.5) is 11.4 Å². The minimum Gasteiger partial charge on any atom is -0.424 e. The molecule has 0 saturated heterocycles. The van der Waals surface area contributed by atoms with Gasteiger partial charge in [0.15, 0.2) is 0 Å². The summed E-state index contributed by atoms with van der Waals surface area (Å²) in [6.45, 7) is 2.83. The van der Waals surface area contributed by atoms with Gasteiger partial charge in [-0.05, 0) is 25.1 Å². The van der Waals surface area contributed by atoms with Crippen LogP contribution in [0.15, 0.2) is 45.6 Å². The molecule has 21 heavy (non-hydrogen) atoms. The number of hydrogen-bond acceptors (Lipinski definition) is 4. The van der Waals surface area contributed by atoms with Gasteiger partial charge in [-0.1, -0.05) is 18.2 Å². The average molecular weight is 286 g/mol. The Bertz CT molecular complexity index is 735. The van der Waals surface area contributed by atoms with Gasteiger partial charge >= 0.3 is 5.63 Å². The van der Waals surface area contributed by atoms with Crippen LogP contribution in [-0.4, -0.2) is 11.8 Å². The quantitative estimate of drug-likeness (QED) is 0.905. The number of carbonyl (C=O) groups excluding carboxylic acids is 2. The molecule has 108 valence electrons. The molecule has 0 aliphatic carbocycles. The number of aryl methyl sites for hydroxylation is 1. The van der Waals surface area contributed by atoms with Gasteiger partial charge in [-0.25, -0.2) is 4.79 Å². The molecule has 2 aromatic rings. The summed E-state index contributed by atoms with van der Waals surface area (Å²) in [6, 6.07) is 10.0. The number of benzene rings is 1. The Morgan fingerprint density at radius 3 is 2.33 bits per heavy atom. The van der Waals surface area contributed by atoms with Gasteiger partial charge in [-0.2, -0.15) is 0 Å². The molecule has 6 heteroatoms. The van der Waals surface area contributed by atoms with Crippen molar-refractivity contribution in [2.24, 2.45) is 0 Å². The van der Waals surface area contributed by atoms with Crippen molar-refractivity contribution in [1.82, 2.24) is 0 Å². The minimum atomic E-state index is -0.666. The van der Waals surface area contributed by atoms with Gasteiger partial charge in [-0.3, -0.25) is 9.59 Å². The Morgan fingerprint density at radius 2 is 1.71 bits per heavy atom. The summed E-state index contributed by atoms with van der Waals surface area (Å²) < 4.78 is 4.99. The minimum absolute atomic E-state index is 0.0172. The van der Waals surface area contributed by atoms with E-state index in [0.717, 1.165) is 0 Å². The first-order chi connectivity index (χ1) is 9.97. The number of amides is 2. The Kier molecular flexibility index (Phi) is 4.18. The molecule has 0 fully saturated rings. The molecule has 0 aliphatic heterocycles. The molecule has 2 N–H and O–H groups in total. The van der Waals surface area contributed by atoms with Crippen LogP contribution in [0.1, 0.15) is 23.0 Å². The fourth-order valence-electron chi connectivity index (χ4n) is 1.74. The van der Waals surface area contributed by atoms with Crippen LogP contribution in [-0.2, 0) is 4.79 Å². The van der Waals surface area contributed by atoms with E-state index in [1.54, 1.807) is 37.3 Å². The highest BCUT2D eigenvalue weighted by atomic mass is 16.4. The van der Waals surface area contributed by atoms with Crippen molar-refractivity contribution in [2.75, 3.05) is 10.6 Å². The second kappa shape index (κ2) is 6.04. The normalized spacial score (nSPS) is 10.0. The fraction of sp³-hybridized carbons (Fsp3) is 0.133. The molecule has 0 atom stereocenters. The lowest BCUT2D eigenvalue weighted by Crippen LogP contribution is -2.18. The van der Waals surface area contributed by atoms with E-state index >= 15 is 0 Å². The third-order valence-electron chi connectivity index (χ3n) is 2.73. The van der Waals surface area contributed by atoms with Crippen LogP contribution in [0.25, 0.3) is 0 Å². The molecule has 0 aliphatic rings. The highest BCUT2D eigenvalue weighted by molar-refractivity contribution is 6.04. The summed E-state index contributed by atoms with van der Waals surface area (Å²) in [5, 5.41) is 5.00. The Hall–Kier alpha value is -2.89. The second-order valence-corrected chi connectivity index (χ2v) is 4.42. The van der Waals surface area contributed by atoms with Crippen LogP contribution in [0, 0.1) is 6.92 Å². The first-order valence-corrected chi connectivity index (χ1v) is 6.26. The average Bonchev–Trinajstić information content (AvgIpc) is 2.44. The summed E-state index contributed by atoms with van der Waals surface area (Å²) in [7, 11) is 0. The van der Waals surface area contributed by atoms with E-state index in [0.29, 0.717) is 11.3 Å². The molecule has 1 aromatic heterocycles. The van der Waals surface area contributed by atoms with E-state index < -0.39 is 11.5 Å². The molecule has 0 radical (unpaired) electrons. The van der Waals surface area contributed by atoms with Crippen LogP contribution in [0.3, 0.4) is 0 Å². The molecule has 1 aromatic carbocycles. The maximum atomic E-state index is 12.1. The first kappa shape index (κ1) is 14.5. The van der Waals surface area contributed by atoms with E-state index in [9.17, 15) is 14.4 Å². The number of nitrogens with one attached hydrogen (secondary N) is 2. The summed E-state index contributed by atoms with van der Waals surface area (Å²) in [6.07, 6.45) is 0. The van der Waals surface area contributed by atoms with E-state index in [2.05, 4.69) is 10.6 Å². The predicted octanol–water partition coefficient (Wildman–Crippen LogP) is 2.16. The van der Waals surface area contributed by atoms with Gasteiger partial charge in [0.25, 0.3) is 5.91 Å². The number of carbonyl (C=O) groups is 2. The standard InChI is InChI=1S/C15H14N2O4/c1-9-12(8-13(15(20)21-9)16-10(2)18)17-14(19)11-6-4-3-5-7-11/h3-8H,1-2H3,(H,16,18)(H,17,19). The van der Waals surface area contributed by atoms with Gasteiger partial charge in [0.2, 0.25) is 5.91 Å². The summed E-state index contributed by atoms with van der Waals surface area (Å²) in [5.41, 5.74) is 0.119. The maximum absolute atomic E-state index is 12.1. The second-order valence-electron chi connectivity index (χ2n) is 4.42. The topological polar surface area (TPSA) is 88.4 Å². The van der Waals surface area contributed by atoms with Crippen molar-refractivity contribution in [3.05, 3.63) is 58.1 Å². The third kappa shape index (κ3) is 3.56. The van der Waals surface area contributed by atoms with Crippen LogP contribution in [0.2, 0.25) is 0 Å². The van der Waals surface area contributed by atoms with Crippen molar-refractivity contribution in [1.29, 1.82) is 0 Å². The SMILES string of the molecule is CC(=O)Nc1cc(NC(=O)c2ccccc2)c(C)oc1=O. The Labute approximate surface area is 120 Å². The van der Waals surface area contributed by atoms with Gasteiger partial charge in [0.1, 0.15) is 11.4 Å². The summed E-state index contributed by atoms with van der Waals surface area (Å²) in [5.74, 6) is -0.466. The van der Waals surface area contributed by atoms with Crippen molar-refractivity contribution < 1.29 is 14.0 Å². The van der Waals surface area contributed by atoms with Crippen molar-refractivity contribution in [3.63, 3.8) is 0 Å². The smallest absolute Gasteiger partial charge is 0.360 e.